The van der Waals surface area contributed by atoms with Crippen LogP contribution in [0.25, 0.3) is 0 Å². The third-order valence-corrected chi connectivity index (χ3v) is 1.59. The highest BCUT2D eigenvalue weighted by atomic mass is 16.5. The zero-order chi connectivity index (χ0) is 9.61. The van der Waals surface area contributed by atoms with Crippen molar-refractivity contribution in [1.82, 2.24) is 5.32 Å². The summed E-state index contributed by atoms with van der Waals surface area (Å²) in [5, 5.41) is 2.86. The fourth-order valence-corrected chi connectivity index (χ4v) is 1.01. The van der Waals surface area contributed by atoms with Crippen molar-refractivity contribution in [3.63, 3.8) is 0 Å². The number of rotatable bonds is 5. The van der Waals surface area contributed by atoms with Gasteiger partial charge in [0.05, 0.1) is 0 Å². The zero-order valence-corrected chi connectivity index (χ0v) is 8.44. The van der Waals surface area contributed by atoms with Crippen molar-refractivity contribution in [3.8, 4) is 0 Å². The van der Waals surface area contributed by atoms with E-state index in [9.17, 15) is 4.79 Å². The van der Waals surface area contributed by atoms with E-state index in [1.807, 2.05) is 20.8 Å². The maximum absolute atomic E-state index is 10.7. The molecular formula is C9H19NO2. The van der Waals surface area contributed by atoms with Crippen LogP contribution in [0.2, 0.25) is 0 Å². The van der Waals surface area contributed by atoms with Gasteiger partial charge in [0.2, 0.25) is 5.91 Å². The summed E-state index contributed by atoms with van der Waals surface area (Å²) >= 11 is 0. The predicted molar refractivity (Wildman–Crippen MR) is 49.0 cm³/mol. The standard InChI is InChI=1S/C9H19NO2/c1-5-12-7-6-9(3,4)10-8(2)11/h5-7H2,1-4H3,(H,10,11). The Morgan fingerprint density at radius 3 is 2.50 bits per heavy atom. The maximum Gasteiger partial charge on any atom is 0.217 e. The molecule has 0 fully saturated rings. The molecule has 0 bridgehead atoms. The third kappa shape index (κ3) is 6.16. The van der Waals surface area contributed by atoms with E-state index in [-0.39, 0.29) is 11.4 Å². The van der Waals surface area contributed by atoms with Crippen LogP contribution in [0.4, 0.5) is 0 Å². The van der Waals surface area contributed by atoms with E-state index in [2.05, 4.69) is 5.32 Å². The highest BCUT2D eigenvalue weighted by molar-refractivity contribution is 5.73. The minimum Gasteiger partial charge on any atom is -0.382 e. The number of carbonyl (C=O) groups is 1. The summed E-state index contributed by atoms with van der Waals surface area (Å²) < 4.78 is 5.20. The van der Waals surface area contributed by atoms with Gasteiger partial charge < -0.3 is 10.1 Å². The predicted octanol–water partition coefficient (Wildman–Crippen LogP) is 1.33. The van der Waals surface area contributed by atoms with Crippen LogP contribution >= 0.6 is 0 Å². The molecule has 3 heteroatoms. The number of hydrogen-bond acceptors (Lipinski definition) is 2. The Morgan fingerprint density at radius 1 is 1.50 bits per heavy atom. The molecule has 12 heavy (non-hydrogen) atoms. The lowest BCUT2D eigenvalue weighted by Gasteiger charge is -2.25. The quantitative estimate of drug-likeness (QED) is 0.637. The van der Waals surface area contributed by atoms with E-state index in [0.29, 0.717) is 6.61 Å². The Hall–Kier alpha value is -0.570. The van der Waals surface area contributed by atoms with Gasteiger partial charge >= 0.3 is 0 Å². The lowest BCUT2D eigenvalue weighted by atomic mass is 10.0. The van der Waals surface area contributed by atoms with Gasteiger partial charge in [0.15, 0.2) is 0 Å². The van der Waals surface area contributed by atoms with Crippen molar-refractivity contribution < 1.29 is 9.53 Å². The molecule has 0 aliphatic rings. The topological polar surface area (TPSA) is 38.3 Å². The van der Waals surface area contributed by atoms with Crippen molar-refractivity contribution in [2.24, 2.45) is 0 Å². The van der Waals surface area contributed by atoms with Gasteiger partial charge in [0, 0.05) is 25.7 Å². The number of amides is 1. The molecule has 1 amide bonds. The summed E-state index contributed by atoms with van der Waals surface area (Å²) in [5.74, 6) is 0.0106. The molecule has 0 spiro atoms. The van der Waals surface area contributed by atoms with Crippen LogP contribution in [-0.2, 0) is 9.53 Å². The fraction of sp³-hybridized carbons (Fsp3) is 0.889. The Morgan fingerprint density at radius 2 is 2.08 bits per heavy atom. The van der Waals surface area contributed by atoms with Crippen LogP contribution in [0.1, 0.15) is 34.1 Å². The second kappa shape index (κ2) is 5.14. The molecule has 0 aromatic rings. The first-order valence-electron chi connectivity index (χ1n) is 4.34. The molecule has 0 unspecified atom stereocenters. The fourth-order valence-electron chi connectivity index (χ4n) is 1.01. The minimum atomic E-state index is -0.152. The van der Waals surface area contributed by atoms with Crippen molar-refractivity contribution in [2.75, 3.05) is 13.2 Å². The first-order chi connectivity index (χ1) is 5.48. The Balaban J connectivity index is 3.63. The van der Waals surface area contributed by atoms with Gasteiger partial charge in [-0.2, -0.15) is 0 Å². The smallest absolute Gasteiger partial charge is 0.217 e. The number of carbonyl (C=O) groups excluding carboxylic acids is 1. The van der Waals surface area contributed by atoms with Crippen molar-refractivity contribution in [2.45, 2.75) is 39.7 Å². The number of ether oxygens (including phenoxy) is 1. The van der Waals surface area contributed by atoms with Gasteiger partial charge in [-0.1, -0.05) is 0 Å². The summed E-state index contributed by atoms with van der Waals surface area (Å²) in [7, 11) is 0. The van der Waals surface area contributed by atoms with Gasteiger partial charge in [0.1, 0.15) is 0 Å². The van der Waals surface area contributed by atoms with Crippen molar-refractivity contribution in [3.05, 3.63) is 0 Å². The second-order valence-corrected chi connectivity index (χ2v) is 3.51. The van der Waals surface area contributed by atoms with E-state index in [1.165, 1.54) is 6.92 Å². The molecule has 0 heterocycles. The SMILES string of the molecule is CCOCCC(C)(C)NC(C)=O. The second-order valence-electron chi connectivity index (χ2n) is 3.51. The average Bonchev–Trinajstić information content (AvgIpc) is 1.84. The molecule has 0 aromatic carbocycles. The van der Waals surface area contributed by atoms with Crippen molar-refractivity contribution >= 4 is 5.91 Å². The number of nitrogens with one attached hydrogen (secondary N) is 1. The summed E-state index contributed by atoms with van der Waals surface area (Å²) in [4.78, 5) is 10.7. The molecule has 0 aliphatic carbocycles. The number of hydrogen-bond donors (Lipinski definition) is 1. The molecule has 0 saturated carbocycles. The Labute approximate surface area is 74.5 Å². The monoisotopic (exact) mass is 173 g/mol. The highest BCUT2D eigenvalue weighted by Gasteiger charge is 2.17. The van der Waals surface area contributed by atoms with Crippen LogP contribution in [0, 0.1) is 0 Å². The van der Waals surface area contributed by atoms with Crippen LogP contribution in [0.3, 0.4) is 0 Å². The molecule has 0 saturated heterocycles. The first-order valence-corrected chi connectivity index (χ1v) is 4.34. The van der Waals surface area contributed by atoms with Gasteiger partial charge in [-0.3, -0.25) is 4.79 Å². The lowest BCUT2D eigenvalue weighted by molar-refractivity contribution is -0.120. The van der Waals surface area contributed by atoms with Crippen molar-refractivity contribution in [1.29, 1.82) is 0 Å². The van der Waals surface area contributed by atoms with E-state index in [0.717, 1.165) is 13.0 Å². The normalized spacial score (nSPS) is 11.3. The Bertz CT molecular complexity index is 143. The largest absolute Gasteiger partial charge is 0.382 e. The third-order valence-electron chi connectivity index (χ3n) is 1.59. The molecule has 72 valence electrons. The summed E-state index contributed by atoms with van der Waals surface area (Å²) in [6, 6.07) is 0. The maximum atomic E-state index is 10.7. The summed E-state index contributed by atoms with van der Waals surface area (Å²) in [6.07, 6.45) is 0.848. The summed E-state index contributed by atoms with van der Waals surface area (Å²) in [6.45, 7) is 8.91. The zero-order valence-electron chi connectivity index (χ0n) is 8.44. The average molecular weight is 173 g/mol. The van der Waals surface area contributed by atoms with Gasteiger partial charge in [-0.15, -0.1) is 0 Å². The first kappa shape index (κ1) is 11.4. The lowest BCUT2D eigenvalue weighted by Crippen LogP contribution is -2.43. The molecule has 0 aliphatic heterocycles. The molecule has 0 radical (unpaired) electrons. The molecule has 1 N–H and O–H groups in total. The Kier molecular flexibility index (Phi) is 4.90. The van der Waals surface area contributed by atoms with Gasteiger partial charge in [-0.25, -0.2) is 0 Å². The summed E-state index contributed by atoms with van der Waals surface area (Å²) in [5.41, 5.74) is -0.152. The highest BCUT2D eigenvalue weighted by Crippen LogP contribution is 2.07. The van der Waals surface area contributed by atoms with E-state index >= 15 is 0 Å². The van der Waals surface area contributed by atoms with E-state index in [1.54, 1.807) is 0 Å². The van der Waals surface area contributed by atoms with Crippen LogP contribution in [0.15, 0.2) is 0 Å². The molecule has 0 rings (SSSR count). The van der Waals surface area contributed by atoms with Crippen LogP contribution in [-0.4, -0.2) is 24.7 Å². The molecule has 0 aromatic heterocycles. The minimum absolute atomic E-state index is 0.0106. The van der Waals surface area contributed by atoms with Gasteiger partial charge in [-0.05, 0) is 27.2 Å². The molecule has 3 nitrogen and oxygen atoms in total. The van der Waals surface area contributed by atoms with Crippen LogP contribution in [0.5, 0.6) is 0 Å². The van der Waals surface area contributed by atoms with Gasteiger partial charge in [0.25, 0.3) is 0 Å². The molecule has 0 atom stereocenters. The molecular weight excluding hydrogens is 154 g/mol. The van der Waals surface area contributed by atoms with E-state index < -0.39 is 0 Å². The van der Waals surface area contributed by atoms with Crippen LogP contribution < -0.4 is 5.32 Å². The van der Waals surface area contributed by atoms with E-state index in [4.69, 9.17) is 4.74 Å².